The first-order chi connectivity index (χ1) is 9.30. The van der Waals surface area contributed by atoms with Gasteiger partial charge in [-0.3, -0.25) is 0 Å². The first-order valence-corrected chi connectivity index (χ1v) is 8.23. The van der Waals surface area contributed by atoms with E-state index >= 15 is 0 Å². The lowest BCUT2D eigenvalue weighted by molar-refractivity contribution is 0.478. The van der Waals surface area contributed by atoms with Gasteiger partial charge in [-0.15, -0.1) is 11.8 Å². The van der Waals surface area contributed by atoms with Gasteiger partial charge in [0.25, 0.3) is 0 Å². The molecule has 1 aromatic carbocycles. The molecule has 0 heterocycles. The molecule has 20 heavy (non-hydrogen) atoms. The zero-order valence-corrected chi connectivity index (χ0v) is 13.9. The van der Waals surface area contributed by atoms with Gasteiger partial charge in [-0.25, -0.2) is 0 Å². The van der Waals surface area contributed by atoms with E-state index in [9.17, 15) is 0 Å². The summed E-state index contributed by atoms with van der Waals surface area (Å²) in [6.45, 7) is 8.65. The molecular weight excluding hydrogens is 264 g/mol. The number of nitrogens with zero attached hydrogens (tertiary/aromatic N) is 1. The van der Waals surface area contributed by atoms with Crippen LogP contribution in [-0.2, 0) is 5.41 Å². The van der Waals surface area contributed by atoms with Crippen LogP contribution in [0.3, 0.4) is 0 Å². The molecule has 0 spiro atoms. The fourth-order valence-corrected chi connectivity index (χ4v) is 2.79. The van der Waals surface area contributed by atoms with E-state index in [0.29, 0.717) is 6.42 Å². The number of benzene rings is 1. The second-order valence-corrected chi connectivity index (χ2v) is 7.52. The summed E-state index contributed by atoms with van der Waals surface area (Å²) in [6, 6.07) is 11.0. The third-order valence-corrected chi connectivity index (χ3v) is 4.71. The van der Waals surface area contributed by atoms with E-state index in [1.807, 2.05) is 18.7 Å². The zero-order chi connectivity index (χ0) is 15.2. The van der Waals surface area contributed by atoms with Crippen molar-refractivity contribution in [3.63, 3.8) is 0 Å². The summed E-state index contributed by atoms with van der Waals surface area (Å²) in [5, 5.41) is 9.03. The Labute approximate surface area is 127 Å². The average molecular weight is 290 g/mol. The third-order valence-electron chi connectivity index (χ3n) is 3.61. The molecule has 0 aromatic heterocycles. The SMILES string of the molecule is CCC(N)(C#N)CCCSc1ccc(C(C)(C)C)cc1. The summed E-state index contributed by atoms with van der Waals surface area (Å²) in [7, 11) is 0. The van der Waals surface area contributed by atoms with Crippen molar-refractivity contribution in [1.82, 2.24) is 0 Å². The van der Waals surface area contributed by atoms with Gasteiger partial charge in [0.15, 0.2) is 0 Å². The van der Waals surface area contributed by atoms with Crippen molar-refractivity contribution in [1.29, 1.82) is 5.26 Å². The van der Waals surface area contributed by atoms with E-state index in [4.69, 9.17) is 11.0 Å². The molecule has 0 fully saturated rings. The first kappa shape index (κ1) is 17.1. The molecule has 0 radical (unpaired) electrons. The lowest BCUT2D eigenvalue weighted by atomic mass is 9.87. The standard InChI is InChI=1S/C17H26N2S/c1-5-17(19,13-18)11-6-12-20-15-9-7-14(8-10-15)16(2,3)4/h7-10H,5-6,11-12,19H2,1-4H3. The Hall–Kier alpha value is -0.980. The Kier molecular flexibility index (Phi) is 6.10. The van der Waals surface area contributed by atoms with Gasteiger partial charge in [-0.1, -0.05) is 39.8 Å². The van der Waals surface area contributed by atoms with Crippen molar-refractivity contribution < 1.29 is 0 Å². The Morgan fingerprint density at radius 3 is 2.25 bits per heavy atom. The van der Waals surface area contributed by atoms with Crippen molar-refractivity contribution in [2.24, 2.45) is 5.73 Å². The molecule has 0 bridgehead atoms. The fraction of sp³-hybridized carbons (Fsp3) is 0.588. The summed E-state index contributed by atoms with van der Waals surface area (Å²) in [4.78, 5) is 1.29. The van der Waals surface area contributed by atoms with E-state index in [0.717, 1.165) is 18.6 Å². The largest absolute Gasteiger partial charge is 0.313 e. The van der Waals surface area contributed by atoms with Crippen LogP contribution in [0.5, 0.6) is 0 Å². The van der Waals surface area contributed by atoms with Gasteiger partial charge in [-0.2, -0.15) is 5.26 Å². The minimum absolute atomic E-state index is 0.205. The Bertz CT molecular complexity index is 453. The van der Waals surface area contributed by atoms with Gasteiger partial charge in [0.05, 0.1) is 6.07 Å². The van der Waals surface area contributed by atoms with Gasteiger partial charge in [0.2, 0.25) is 0 Å². The smallest absolute Gasteiger partial charge is 0.104 e. The van der Waals surface area contributed by atoms with Gasteiger partial charge < -0.3 is 5.73 Å². The fourth-order valence-electron chi connectivity index (χ4n) is 1.94. The Balaban J connectivity index is 2.42. The topological polar surface area (TPSA) is 49.8 Å². The molecule has 0 aliphatic rings. The highest BCUT2D eigenvalue weighted by Gasteiger charge is 2.20. The van der Waals surface area contributed by atoms with Crippen molar-refractivity contribution in [3.05, 3.63) is 29.8 Å². The van der Waals surface area contributed by atoms with Crippen LogP contribution in [0, 0.1) is 11.3 Å². The number of rotatable bonds is 6. The van der Waals surface area contributed by atoms with E-state index in [2.05, 4.69) is 51.1 Å². The highest BCUT2D eigenvalue weighted by Crippen LogP contribution is 2.26. The van der Waals surface area contributed by atoms with E-state index < -0.39 is 5.54 Å². The molecule has 0 amide bonds. The molecule has 1 rings (SSSR count). The van der Waals surface area contributed by atoms with E-state index in [1.54, 1.807) is 0 Å². The summed E-state index contributed by atoms with van der Waals surface area (Å²) >= 11 is 1.84. The number of hydrogen-bond acceptors (Lipinski definition) is 3. The average Bonchev–Trinajstić information content (AvgIpc) is 2.43. The van der Waals surface area contributed by atoms with Gasteiger partial charge in [0, 0.05) is 4.90 Å². The lowest BCUT2D eigenvalue weighted by Crippen LogP contribution is -2.37. The molecule has 1 atom stereocenters. The van der Waals surface area contributed by atoms with Crippen LogP contribution in [0.1, 0.15) is 52.5 Å². The predicted molar refractivity (Wildman–Crippen MR) is 87.9 cm³/mol. The third kappa shape index (κ3) is 5.19. The minimum Gasteiger partial charge on any atom is -0.313 e. The molecule has 0 saturated heterocycles. The highest BCUT2D eigenvalue weighted by molar-refractivity contribution is 7.99. The lowest BCUT2D eigenvalue weighted by Gasteiger charge is -2.19. The molecule has 1 aromatic rings. The molecule has 1 unspecified atom stereocenters. The number of thioether (sulfide) groups is 1. The quantitative estimate of drug-likeness (QED) is 0.620. The van der Waals surface area contributed by atoms with Crippen LogP contribution in [0.15, 0.2) is 29.2 Å². The summed E-state index contributed by atoms with van der Waals surface area (Å²) < 4.78 is 0. The molecule has 0 saturated carbocycles. The maximum atomic E-state index is 9.03. The highest BCUT2D eigenvalue weighted by atomic mass is 32.2. The molecule has 0 aliphatic heterocycles. The second-order valence-electron chi connectivity index (χ2n) is 6.35. The number of hydrogen-bond donors (Lipinski definition) is 1. The van der Waals surface area contributed by atoms with Crippen molar-refractivity contribution in [2.45, 2.75) is 62.8 Å². The summed E-state index contributed by atoms with van der Waals surface area (Å²) in [6.07, 6.45) is 2.46. The Morgan fingerprint density at radius 1 is 1.20 bits per heavy atom. The number of nitriles is 1. The van der Waals surface area contributed by atoms with Crippen LogP contribution in [0.4, 0.5) is 0 Å². The molecule has 0 aliphatic carbocycles. The second kappa shape index (κ2) is 7.15. The number of nitrogens with two attached hydrogens (primary N) is 1. The molecule has 2 nitrogen and oxygen atoms in total. The van der Waals surface area contributed by atoms with Gasteiger partial charge >= 0.3 is 0 Å². The summed E-state index contributed by atoms with van der Waals surface area (Å²) in [5.41, 5.74) is 6.90. The molecule has 110 valence electrons. The zero-order valence-electron chi connectivity index (χ0n) is 13.1. The normalized spacial score (nSPS) is 14.6. The van der Waals surface area contributed by atoms with Crippen LogP contribution < -0.4 is 5.73 Å². The van der Waals surface area contributed by atoms with Crippen molar-refractivity contribution in [2.75, 3.05) is 5.75 Å². The monoisotopic (exact) mass is 290 g/mol. The van der Waals surface area contributed by atoms with Crippen LogP contribution in [0.25, 0.3) is 0 Å². The van der Waals surface area contributed by atoms with Crippen molar-refractivity contribution >= 4 is 11.8 Å². The molecule has 2 N–H and O–H groups in total. The Morgan fingerprint density at radius 2 is 1.80 bits per heavy atom. The van der Waals surface area contributed by atoms with Gasteiger partial charge in [0.1, 0.15) is 5.54 Å². The predicted octanol–water partition coefficient (Wildman–Crippen LogP) is 4.49. The van der Waals surface area contributed by atoms with E-state index in [1.165, 1.54) is 10.5 Å². The van der Waals surface area contributed by atoms with Gasteiger partial charge in [-0.05, 0) is 48.1 Å². The molecule has 3 heteroatoms. The maximum Gasteiger partial charge on any atom is 0.104 e. The van der Waals surface area contributed by atoms with Crippen LogP contribution in [-0.4, -0.2) is 11.3 Å². The van der Waals surface area contributed by atoms with Crippen molar-refractivity contribution in [3.8, 4) is 6.07 Å². The van der Waals surface area contributed by atoms with Crippen LogP contribution >= 0.6 is 11.8 Å². The maximum absolute atomic E-state index is 9.03. The summed E-state index contributed by atoms with van der Waals surface area (Å²) in [5.74, 6) is 1.01. The molecular formula is C17H26N2S. The first-order valence-electron chi connectivity index (χ1n) is 7.24. The van der Waals surface area contributed by atoms with Crippen LogP contribution in [0.2, 0.25) is 0 Å². The minimum atomic E-state index is -0.642. The van der Waals surface area contributed by atoms with E-state index in [-0.39, 0.29) is 5.41 Å².